The molecule has 9 heteroatoms. The molecular weight excluding hydrogens is 344 g/mol. The van der Waals surface area contributed by atoms with Gasteiger partial charge in [0.05, 0.1) is 23.6 Å². The Morgan fingerprint density at radius 2 is 2.20 bits per heavy atom. The molecule has 0 aliphatic carbocycles. The van der Waals surface area contributed by atoms with Crippen LogP contribution in [-0.2, 0) is 21.8 Å². The van der Waals surface area contributed by atoms with Gasteiger partial charge in [-0.15, -0.1) is 0 Å². The van der Waals surface area contributed by atoms with Gasteiger partial charge in [0.15, 0.2) is 0 Å². The van der Waals surface area contributed by atoms with Crippen molar-refractivity contribution < 1.29 is 17.9 Å². The topological polar surface area (TPSA) is 102 Å². The zero-order valence-corrected chi connectivity index (χ0v) is 14.6. The maximum atomic E-state index is 12.4. The average molecular weight is 364 g/mol. The number of carbonyl (C=O) groups is 1. The van der Waals surface area contributed by atoms with E-state index in [1.54, 1.807) is 31.3 Å². The Labute approximate surface area is 146 Å². The van der Waals surface area contributed by atoms with Crippen molar-refractivity contribution in [2.75, 3.05) is 17.9 Å². The third-order valence-corrected chi connectivity index (χ3v) is 5.24. The molecule has 134 valence electrons. The van der Waals surface area contributed by atoms with Crippen molar-refractivity contribution in [2.45, 2.75) is 23.8 Å². The molecule has 1 aromatic carbocycles. The van der Waals surface area contributed by atoms with E-state index in [-0.39, 0.29) is 28.2 Å². The fraction of sp³-hybridized carbons (Fsp3) is 0.375. The number of hydrogen-bond acceptors (Lipinski definition) is 5. The minimum absolute atomic E-state index is 0.0168. The monoisotopic (exact) mass is 364 g/mol. The number of aryl methyl sites for hydroxylation is 1. The number of amides is 1. The summed E-state index contributed by atoms with van der Waals surface area (Å²) < 4.78 is 34.2. The van der Waals surface area contributed by atoms with Crippen LogP contribution in [0.15, 0.2) is 41.6 Å². The van der Waals surface area contributed by atoms with E-state index >= 15 is 0 Å². The fourth-order valence-electron chi connectivity index (χ4n) is 2.62. The van der Waals surface area contributed by atoms with Gasteiger partial charge >= 0.3 is 0 Å². The standard InChI is InChI=1S/C16H20N4O4S/c1-20-11-13(10-18-20)25(22,23)19-15-7-3-2-6-14(15)16(21)17-9-12-5-4-8-24-12/h2-3,6-7,10-12,19H,4-5,8-9H2,1H3,(H,17,21). The van der Waals surface area contributed by atoms with E-state index in [0.29, 0.717) is 13.2 Å². The van der Waals surface area contributed by atoms with Crippen molar-refractivity contribution in [1.29, 1.82) is 0 Å². The van der Waals surface area contributed by atoms with Crippen molar-refractivity contribution in [3.05, 3.63) is 42.2 Å². The van der Waals surface area contributed by atoms with E-state index in [2.05, 4.69) is 15.1 Å². The van der Waals surface area contributed by atoms with Crippen molar-refractivity contribution in [3.8, 4) is 0 Å². The number of benzene rings is 1. The summed E-state index contributed by atoms with van der Waals surface area (Å²) in [7, 11) is -2.19. The van der Waals surface area contributed by atoms with Crippen molar-refractivity contribution >= 4 is 21.6 Å². The SMILES string of the molecule is Cn1cc(S(=O)(=O)Nc2ccccc2C(=O)NCC2CCCO2)cn1. The van der Waals surface area contributed by atoms with Gasteiger partial charge in [0.25, 0.3) is 15.9 Å². The van der Waals surface area contributed by atoms with Crippen molar-refractivity contribution in [2.24, 2.45) is 7.05 Å². The highest BCUT2D eigenvalue weighted by Gasteiger charge is 2.21. The molecule has 0 radical (unpaired) electrons. The molecule has 1 aromatic heterocycles. The summed E-state index contributed by atoms with van der Waals surface area (Å²) in [5.74, 6) is -0.347. The van der Waals surface area contributed by atoms with Crippen molar-refractivity contribution in [1.82, 2.24) is 15.1 Å². The fourth-order valence-corrected chi connectivity index (χ4v) is 3.68. The molecule has 0 saturated carbocycles. The second kappa shape index (κ2) is 7.24. The smallest absolute Gasteiger partial charge is 0.265 e. The normalized spacial score (nSPS) is 17.4. The summed E-state index contributed by atoms with van der Waals surface area (Å²) in [6, 6.07) is 6.47. The molecule has 1 amide bonds. The average Bonchev–Trinajstić information content (AvgIpc) is 3.24. The van der Waals surface area contributed by atoms with E-state index in [4.69, 9.17) is 4.74 Å². The number of nitrogens with zero attached hydrogens (tertiary/aromatic N) is 2. The van der Waals surface area contributed by atoms with Gasteiger partial charge in [-0.25, -0.2) is 8.42 Å². The molecule has 8 nitrogen and oxygen atoms in total. The first-order chi connectivity index (χ1) is 12.0. The van der Waals surface area contributed by atoms with E-state index in [1.807, 2.05) is 0 Å². The molecule has 1 aliphatic rings. The molecule has 2 heterocycles. The number of sulfonamides is 1. The lowest BCUT2D eigenvalue weighted by Crippen LogP contribution is -2.32. The first-order valence-corrected chi connectivity index (χ1v) is 9.44. The number of rotatable bonds is 6. The Hall–Kier alpha value is -2.39. The lowest BCUT2D eigenvalue weighted by atomic mass is 10.1. The summed E-state index contributed by atoms with van der Waals surface area (Å²) in [5.41, 5.74) is 0.476. The number of nitrogens with one attached hydrogen (secondary N) is 2. The maximum absolute atomic E-state index is 12.4. The number of para-hydroxylation sites is 1. The Morgan fingerprint density at radius 3 is 2.88 bits per heavy atom. The largest absolute Gasteiger partial charge is 0.376 e. The van der Waals surface area contributed by atoms with Crippen LogP contribution in [0.25, 0.3) is 0 Å². The lowest BCUT2D eigenvalue weighted by molar-refractivity contribution is 0.0858. The van der Waals surface area contributed by atoms with Crippen LogP contribution in [0.4, 0.5) is 5.69 Å². The molecule has 0 bridgehead atoms. The predicted molar refractivity (Wildman–Crippen MR) is 91.8 cm³/mol. The van der Waals surface area contributed by atoms with Crippen LogP contribution in [0, 0.1) is 0 Å². The summed E-state index contributed by atoms with van der Waals surface area (Å²) >= 11 is 0. The highest BCUT2D eigenvalue weighted by atomic mass is 32.2. The molecule has 1 fully saturated rings. The van der Waals surface area contributed by atoms with Crippen LogP contribution in [-0.4, -0.2) is 43.4 Å². The summed E-state index contributed by atoms with van der Waals surface area (Å²) in [5, 5.41) is 6.66. The third kappa shape index (κ3) is 4.18. The molecule has 25 heavy (non-hydrogen) atoms. The Morgan fingerprint density at radius 1 is 1.40 bits per heavy atom. The van der Waals surface area contributed by atoms with Crippen LogP contribution in [0.3, 0.4) is 0 Å². The predicted octanol–water partition coefficient (Wildman–Crippen LogP) is 1.13. The first kappa shape index (κ1) is 17.4. The van der Waals surface area contributed by atoms with Gasteiger partial charge in [-0.3, -0.25) is 14.2 Å². The van der Waals surface area contributed by atoms with E-state index < -0.39 is 10.0 Å². The number of anilines is 1. The summed E-state index contributed by atoms with van der Waals surface area (Å²) in [6.45, 7) is 1.12. The van der Waals surface area contributed by atoms with Gasteiger partial charge in [-0.2, -0.15) is 5.10 Å². The van der Waals surface area contributed by atoms with Crippen LogP contribution < -0.4 is 10.0 Å². The van der Waals surface area contributed by atoms with Gasteiger partial charge in [0.1, 0.15) is 4.90 Å². The number of ether oxygens (including phenoxy) is 1. The molecule has 1 aliphatic heterocycles. The molecular formula is C16H20N4O4S. The number of carbonyl (C=O) groups excluding carboxylic acids is 1. The van der Waals surface area contributed by atoms with E-state index in [1.165, 1.54) is 17.1 Å². The lowest BCUT2D eigenvalue weighted by Gasteiger charge is -2.14. The molecule has 1 atom stereocenters. The van der Waals surface area contributed by atoms with E-state index in [9.17, 15) is 13.2 Å². The maximum Gasteiger partial charge on any atom is 0.265 e. The van der Waals surface area contributed by atoms with Crippen LogP contribution in [0.5, 0.6) is 0 Å². The zero-order chi connectivity index (χ0) is 17.9. The minimum atomic E-state index is -3.82. The molecule has 1 unspecified atom stereocenters. The Bertz CT molecular complexity index is 857. The second-order valence-electron chi connectivity index (χ2n) is 5.85. The zero-order valence-electron chi connectivity index (χ0n) is 13.8. The second-order valence-corrected chi connectivity index (χ2v) is 7.53. The van der Waals surface area contributed by atoms with Crippen molar-refractivity contribution in [3.63, 3.8) is 0 Å². The highest BCUT2D eigenvalue weighted by molar-refractivity contribution is 7.92. The van der Waals surface area contributed by atoms with Gasteiger partial charge in [-0.1, -0.05) is 12.1 Å². The molecule has 2 N–H and O–H groups in total. The Balaban J connectivity index is 1.75. The van der Waals surface area contributed by atoms with E-state index in [0.717, 1.165) is 12.8 Å². The molecule has 3 rings (SSSR count). The molecule has 1 saturated heterocycles. The van der Waals surface area contributed by atoms with Gasteiger partial charge in [-0.05, 0) is 25.0 Å². The van der Waals surface area contributed by atoms with Gasteiger partial charge in [0.2, 0.25) is 0 Å². The molecule has 2 aromatic rings. The van der Waals surface area contributed by atoms with Gasteiger partial charge < -0.3 is 10.1 Å². The Kier molecular flexibility index (Phi) is 5.05. The number of aromatic nitrogens is 2. The first-order valence-electron chi connectivity index (χ1n) is 7.96. The third-order valence-electron chi connectivity index (χ3n) is 3.92. The molecule has 0 spiro atoms. The van der Waals surface area contributed by atoms with Crippen LogP contribution >= 0.6 is 0 Å². The number of hydrogen-bond donors (Lipinski definition) is 2. The summed E-state index contributed by atoms with van der Waals surface area (Å²) in [6.07, 6.45) is 4.56. The van der Waals surface area contributed by atoms with Crippen LogP contribution in [0.2, 0.25) is 0 Å². The highest BCUT2D eigenvalue weighted by Crippen LogP contribution is 2.20. The van der Waals surface area contributed by atoms with Crippen LogP contribution in [0.1, 0.15) is 23.2 Å². The minimum Gasteiger partial charge on any atom is -0.376 e. The summed E-state index contributed by atoms with van der Waals surface area (Å²) in [4.78, 5) is 12.5. The quantitative estimate of drug-likeness (QED) is 0.800. The van der Waals surface area contributed by atoms with Gasteiger partial charge in [0, 0.05) is 26.4 Å².